The average Bonchev–Trinajstić information content (AvgIpc) is 2.76. The van der Waals surface area contributed by atoms with Crippen LogP contribution in [0.4, 0.5) is 11.4 Å². The van der Waals surface area contributed by atoms with Gasteiger partial charge in [-0.1, -0.05) is 17.7 Å². The molecule has 0 atom stereocenters. The van der Waals surface area contributed by atoms with Crippen LogP contribution in [0.25, 0.3) is 0 Å². The highest BCUT2D eigenvalue weighted by molar-refractivity contribution is 14.1. The molecule has 2 aromatic carbocycles. The zero-order chi connectivity index (χ0) is 18.3. The fourth-order valence-corrected chi connectivity index (χ4v) is 3.47. The number of carbonyl (C=O) groups excluding carboxylic acids is 2. The second-order valence-corrected chi connectivity index (χ2v) is 7.61. The summed E-state index contributed by atoms with van der Waals surface area (Å²) in [5.41, 5.74) is 4.44. The van der Waals surface area contributed by atoms with Gasteiger partial charge >= 0.3 is 0 Å². The molecule has 3 rings (SSSR count). The third-order valence-electron chi connectivity index (χ3n) is 4.22. The van der Waals surface area contributed by atoms with Crippen molar-refractivity contribution in [1.82, 2.24) is 0 Å². The lowest BCUT2D eigenvalue weighted by Gasteiger charge is -2.17. The number of halogens is 2. The van der Waals surface area contributed by atoms with E-state index in [0.29, 0.717) is 5.69 Å². The molecule has 2 aromatic rings. The predicted molar refractivity (Wildman–Crippen MR) is 109 cm³/mol. The summed E-state index contributed by atoms with van der Waals surface area (Å²) in [6.45, 7) is 5.85. The first-order valence-corrected chi connectivity index (χ1v) is 9.14. The minimum atomic E-state index is -0.513. The fourth-order valence-electron chi connectivity index (χ4n) is 2.61. The van der Waals surface area contributed by atoms with E-state index in [-0.39, 0.29) is 10.7 Å². The van der Waals surface area contributed by atoms with Gasteiger partial charge in [-0.25, -0.2) is 4.90 Å². The standard InChI is InChI=1S/C19H16ClIN2O2/c1-10-4-6-14(9-11(10)2)23-18(24)16(20)17(19(23)25)22-15-7-5-13(21)8-12(15)3/h4-9,22H,1-3H3. The number of nitrogens with one attached hydrogen (secondary N) is 1. The molecule has 1 heterocycles. The van der Waals surface area contributed by atoms with Crippen LogP contribution in [0.3, 0.4) is 0 Å². The summed E-state index contributed by atoms with van der Waals surface area (Å²) < 4.78 is 1.09. The molecule has 0 spiro atoms. The number of amides is 2. The van der Waals surface area contributed by atoms with Gasteiger partial charge in [0, 0.05) is 9.26 Å². The van der Waals surface area contributed by atoms with Crippen molar-refractivity contribution >= 4 is 57.4 Å². The van der Waals surface area contributed by atoms with Crippen LogP contribution >= 0.6 is 34.2 Å². The Morgan fingerprint density at radius 2 is 1.64 bits per heavy atom. The van der Waals surface area contributed by atoms with E-state index in [9.17, 15) is 9.59 Å². The molecule has 1 aliphatic rings. The topological polar surface area (TPSA) is 49.4 Å². The van der Waals surface area contributed by atoms with Crippen molar-refractivity contribution in [1.29, 1.82) is 0 Å². The maximum absolute atomic E-state index is 12.8. The third-order valence-corrected chi connectivity index (χ3v) is 5.25. The van der Waals surface area contributed by atoms with Gasteiger partial charge in [-0.05, 0) is 90.4 Å². The number of imide groups is 1. The lowest BCUT2D eigenvalue weighted by Crippen LogP contribution is -2.32. The number of anilines is 2. The van der Waals surface area contributed by atoms with E-state index in [0.717, 1.165) is 30.8 Å². The van der Waals surface area contributed by atoms with Crippen LogP contribution in [0.5, 0.6) is 0 Å². The minimum absolute atomic E-state index is 0.0961. The average molecular weight is 467 g/mol. The number of aryl methyl sites for hydroxylation is 3. The molecule has 0 unspecified atom stereocenters. The Balaban J connectivity index is 1.95. The van der Waals surface area contributed by atoms with Crippen LogP contribution in [0, 0.1) is 24.3 Å². The van der Waals surface area contributed by atoms with Gasteiger partial charge in [0.2, 0.25) is 0 Å². The summed E-state index contributed by atoms with van der Waals surface area (Å²) >= 11 is 8.40. The zero-order valence-corrected chi connectivity index (χ0v) is 16.9. The molecule has 0 aliphatic carbocycles. The molecule has 0 aromatic heterocycles. The second kappa shape index (κ2) is 6.80. The Labute approximate surface area is 165 Å². The number of benzene rings is 2. The molecule has 0 radical (unpaired) electrons. The quantitative estimate of drug-likeness (QED) is 0.529. The van der Waals surface area contributed by atoms with E-state index in [1.54, 1.807) is 6.07 Å². The molecular formula is C19H16ClIN2O2. The van der Waals surface area contributed by atoms with Crippen molar-refractivity contribution in [2.75, 3.05) is 10.2 Å². The molecule has 25 heavy (non-hydrogen) atoms. The first kappa shape index (κ1) is 17.9. The van der Waals surface area contributed by atoms with Gasteiger partial charge in [0.05, 0.1) is 5.69 Å². The van der Waals surface area contributed by atoms with E-state index in [4.69, 9.17) is 11.6 Å². The van der Waals surface area contributed by atoms with E-state index >= 15 is 0 Å². The van der Waals surface area contributed by atoms with Crippen LogP contribution < -0.4 is 10.2 Å². The molecule has 1 N–H and O–H groups in total. The van der Waals surface area contributed by atoms with Crippen molar-refractivity contribution in [3.8, 4) is 0 Å². The number of hydrogen-bond acceptors (Lipinski definition) is 3. The van der Waals surface area contributed by atoms with Crippen LogP contribution in [0.2, 0.25) is 0 Å². The zero-order valence-electron chi connectivity index (χ0n) is 14.0. The van der Waals surface area contributed by atoms with Gasteiger partial charge in [0.15, 0.2) is 0 Å². The van der Waals surface area contributed by atoms with Crippen molar-refractivity contribution in [2.45, 2.75) is 20.8 Å². The van der Waals surface area contributed by atoms with Crippen LogP contribution in [0.1, 0.15) is 16.7 Å². The Morgan fingerprint density at radius 3 is 2.28 bits per heavy atom. The van der Waals surface area contributed by atoms with Crippen molar-refractivity contribution in [2.24, 2.45) is 0 Å². The van der Waals surface area contributed by atoms with Crippen molar-refractivity contribution in [3.63, 3.8) is 0 Å². The van der Waals surface area contributed by atoms with Gasteiger partial charge < -0.3 is 5.32 Å². The molecule has 0 bridgehead atoms. The molecule has 128 valence electrons. The first-order chi connectivity index (χ1) is 11.8. The molecule has 1 aliphatic heterocycles. The summed E-state index contributed by atoms with van der Waals surface area (Å²) in [4.78, 5) is 26.4. The molecule has 0 fully saturated rings. The third kappa shape index (κ3) is 3.30. The number of rotatable bonds is 3. The smallest absolute Gasteiger partial charge is 0.283 e. The molecule has 6 heteroatoms. The summed E-state index contributed by atoms with van der Waals surface area (Å²) in [7, 11) is 0. The highest BCUT2D eigenvalue weighted by Gasteiger charge is 2.39. The van der Waals surface area contributed by atoms with Crippen LogP contribution in [0.15, 0.2) is 47.1 Å². The van der Waals surface area contributed by atoms with Crippen LogP contribution in [-0.2, 0) is 9.59 Å². The predicted octanol–water partition coefficient (Wildman–Crippen LogP) is 4.65. The summed E-state index contributed by atoms with van der Waals surface area (Å²) in [5, 5.41) is 2.93. The second-order valence-electron chi connectivity index (χ2n) is 5.99. The summed E-state index contributed by atoms with van der Waals surface area (Å²) in [6.07, 6.45) is 0. The fraction of sp³-hybridized carbons (Fsp3) is 0.158. The number of nitrogens with zero attached hydrogens (tertiary/aromatic N) is 1. The number of hydrogen-bond donors (Lipinski definition) is 1. The van der Waals surface area contributed by atoms with Gasteiger partial charge in [-0.2, -0.15) is 0 Å². The van der Waals surface area contributed by atoms with Crippen LogP contribution in [-0.4, -0.2) is 11.8 Å². The summed E-state index contributed by atoms with van der Waals surface area (Å²) in [6, 6.07) is 11.2. The van der Waals surface area contributed by atoms with E-state index in [2.05, 4.69) is 27.9 Å². The lowest BCUT2D eigenvalue weighted by molar-refractivity contribution is -0.120. The molecule has 4 nitrogen and oxygen atoms in total. The first-order valence-electron chi connectivity index (χ1n) is 7.68. The van der Waals surface area contributed by atoms with E-state index < -0.39 is 11.8 Å². The van der Waals surface area contributed by atoms with Gasteiger partial charge in [0.1, 0.15) is 10.7 Å². The molecular weight excluding hydrogens is 451 g/mol. The SMILES string of the molecule is Cc1ccc(N2C(=O)C(Cl)=C(Nc3ccc(I)cc3C)C2=O)cc1C. The van der Waals surface area contributed by atoms with Gasteiger partial charge in [-0.15, -0.1) is 0 Å². The Bertz CT molecular complexity index is 937. The Kier molecular flexibility index (Phi) is 4.88. The summed E-state index contributed by atoms with van der Waals surface area (Å²) in [5.74, 6) is -0.961. The maximum atomic E-state index is 12.8. The molecule has 0 saturated heterocycles. The highest BCUT2D eigenvalue weighted by Crippen LogP contribution is 2.31. The van der Waals surface area contributed by atoms with Crippen molar-refractivity contribution in [3.05, 3.63) is 67.4 Å². The minimum Gasteiger partial charge on any atom is -0.349 e. The molecule has 2 amide bonds. The lowest BCUT2D eigenvalue weighted by atomic mass is 10.1. The van der Waals surface area contributed by atoms with Crippen molar-refractivity contribution < 1.29 is 9.59 Å². The molecule has 0 saturated carbocycles. The largest absolute Gasteiger partial charge is 0.349 e. The van der Waals surface area contributed by atoms with E-state index in [1.165, 1.54) is 0 Å². The van der Waals surface area contributed by atoms with E-state index in [1.807, 2.05) is 51.1 Å². The Morgan fingerprint density at radius 1 is 0.920 bits per heavy atom. The Hall–Kier alpha value is -1.86. The van der Waals surface area contributed by atoms with Gasteiger partial charge in [0.25, 0.3) is 11.8 Å². The highest BCUT2D eigenvalue weighted by atomic mass is 127. The van der Waals surface area contributed by atoms with Gasteiger partial charge in [-0.3, -0.25) is 9.59 Å². The maximum Gasteiger partial charge on any atom is 0.283 e. The normalized spacial score (nSPS) is 14.5. The monoisotopic (exact) mass is 466 g/mol. The number of carbonyl (C=O) groups is 2.